The molecule has 0 aromatic heterocycles. The number of aryl methyl sites for hydroxylation is 1. The van der Waals surface area contributed by atoms with Crippen LogP contribution in [0.2, 0.25) is 0 Å². The van der Waals surface area contributed by atoms with Gasteiger partial charge in [0.25, 0.3) is 0 Å². The molecule has 2 nitrogen and oxygen atoms in total. The highest BCUT2D eigenvalue weighted by molar-refractivity contribution is 5.80. The van der Waals surface area contributed by atoms with E-state index >= 15 is 0 Å². The van der Waals surface area contributed by atoms with Gasteiger partial charge in [0, 0.05) is 0 Å². The van der Waals surface area contributed by atoms with Crippen molar-refractivity contribution in [3.05, 3.63) is 28.8 Å². The summed E-state index contributed by atoms with van der Waals surface area (Å²) in [4.78, 5) is 11.3. The van der Waals surface area contributed by atoms with Gasteiger partial charge in [-0.1, -0.05) is 13.8 Å². The number of carbonyl (C=O) groups is 1. The van der Waals surface area contributed by atoms with Gasteiger partial charge in [0.05, 0.1) is 12.7 Å². The van der Waals surface area contributed by atoms with Gasteiger partial charge < -0.3 is 4.74 Å². The van der Waals surface area contributed by atoms with Gasteiger partial charge in [-0.15, -0.1) is 0 Å². The van der Waals surface area contributed by atoms with Crippen molar-refractivity contribution in [3.8, 4) is 5.75 Å². The van der Waals surface area contributed by atoms with Crippen LogP contribution in [0.5, 0.6) is 5.75 Å². The summed E-state index contributed by atoms with van der Waals surface area (Å²) >= 11 is 0. The van der Waals surface area contributed by atoms with Gasteiger partial charge >= 0.3 is 0 Å². The molecule has 4 rings (SSSR count). The molecule has 124 valence electrons. The Labute approximate surface area is 139 Å². The molecule has 0 saturated heterocycles. The average Bonchev–Trinajstić information content (AvgIpc) is 2.88. The Kier molecular flexibility index (Phi) is 3.55. The zero-order chi connectivity index (χ0) is 16.2. The van der Waals surface area contributed by atoms with E-state index in [4.69, 9.17) is 4.74 Å². The Hall–Kier alpha value is -1.31. The van der Waals surface area contributed by atoms with Gasteiger partial charge in [-0.25, -0.2) is 0 Å². The summed E-state index contributed by atoms with van der Waals surface area (Å²) in [5, 5.41) is 0. The van der Waals surface area contributed by atoms with E-state index < -0.39 is 0 Å². The monoisotopic (exact) mass is 312 g/mol. The van der Waals surface area contributed by atoms with Crippen LogP contribution in [0.1, 0.15) is 73.4 Å². The molecule has 0 radical (unpaired) electrons. The molecule has 0 N–H and O–H groups in total. The zero-order valence-corrected chi connectivity index (χ0v) is 14.6. The van der Waals surface area contributed by atoms with Crippen LogP contribution in [0, 0.1) is 23.2 Å². The SMILES string of the molecule is COc1cc2c(cc1C=O)CCC1C2CC[C@]2(C)C(C)CCC12. The summed E-state index contributed by atoms with van der Waals surface area (Å²) in [6, 6.07) is 4.26. The lowest BCUT2D eigenvalue weighted by atomic mass is 9.54. The van der Waals surface area contributed by atoms with E-state index in [-0.39, 0.29) is 0 Å². The van der Waals surface area contributed by atoms with Gasteiger partial charge in [-0.05, 0) is 90.9 Å². The van der Waals surface area contributed by atoms with E-state index in [1.165, 1.54) is 43.2 Å². The molecule has 3 aliphatic rings. The minimum Gasteiger partial charge on any atom is -0.496 e. The third-order valence-electron chi connectivity index (χ3n) is 7.68. The van der Waals surface area contributed by atoms with Crippen molar-refractivity contribution in [3.63, 3.8) is 0 Å². The first-order valence-electron chi connectivity index (χ1n) is 9.24. The Balaban J connectivity index is 1.73. The van der Waals surface area contributed by atoms with Gasteiger partial charge in [0.15, 0.2) is 6.29 Å². The molecule has 0 bridgehead atoms. The molecule has 3 aliphatic carbocycles. The van der Waals surface area contributed by atoms with Crippen molar-refractivity contribution < 1.29 is 9.53 Å². The third kappa shape index (κ3) is 2.10. The number of hydrogen-bond donors (Lipinski definition) is 0. The highest BCUT2D eigenvalue weighted by Gasteiger charge is 2.53. The largest absolute Gasteiger partial charge is 0.496 e. The molecule has 4 unspecified atom stereocenters. The van der Waals surface area contributed by atoms with Crippen LogP contribution in [0.25, 0.3) is 0 Å². The molecule has 2 fully saturated rings. The molecular formula is C21H28O2. The molecule has 0 aliphatic heterocycles. The second kappa shape index (κ2) is 5.36. The van der Waals surface area contributed by atoms with Crippen molar-refractivity contribution in [2.24, 2.45) is 23.2 Å². The second-order valence-corrected chi connectivity index (χ2v) is 8.35. The summed E-state index contributed by atoms with van der Waals surface area (Å²) in [5.41, 5.74) is 4.14. The average molecular weight is 312 g/mol. The number of methoxy groups -OCH3 is 1. The Morgan fingerprint density at radius 3 is 2.78 bits per heavy atom. The normalized spacial score (nSPS) is 38.4. The molecular weight excluding hydrogens is 284 g/mol. The smallest absolute Gasteiger partial charge is 0.153 e. The van der Waals surface area contributed by atoms with Crippen LogP contribution in [0.4, 0.5) is 0 Å². The summed E-state index contributed by atoms with van der Waals surface area (Å²) in [7, 11) is 1.67. The molecule has 0 amide bonds. The Morgan fingerprint density at radius 2 is 2.04 bits per heavy atom. The predicted octanol–water partition coefficient (Wildman–Crippen LogP) is 5.00. The van der Waals surface area contributed by atoms with Crippen molar-refractivity contribution in [2.75, 3.05) is 7.11 Å². The van der Waals surface area contributed by atoms with E-state index in [2.05, 4.69) is 26.0 Å². The highest BCUT2D eigenvalue weighted by atomic mass is 16.5. The molecule has 2 heteroatoms. The summed E-state index contributed by atoms with van der Waals surface area (Å²) in [6.45, 7) is 5.02. The van der Waals surface area contributed by atoms with Crippen LogP contribution < -0.4 is 4.74 Å². The third-order valence-corrected chi connectivity index (χ3v) is 7.68. The minimum atomic E-state index is 0.561. The van der Waals surface area contributed by atoms with E-state index in [0.717, 1.165) is 36.2 Å². The van der Waals surface area contributed by atoms with Crippen molar-refractivity contribution in [1.82, 2.24) is 0 Å². The lowest BCUT2D eigenvalue weighted by molar-refractivity contribution is 0.0336. The summed E-state index contributed by atoms with van der Waals surface area (Å²) < 4.78 is 5.47. The van der Waals surface area contributed by atoms with Gasteiger partial charge in [0.1, 0.15) is 5.75 Å². The zero-order valence-electron chi connectivity index (χ0n) is 14.6. The van der Waals surface area contributed by atoms with Gasteiger partial charge in [-0.3, -0.25) is 4.79 Å². The van der Waals surface area contributed by atoms with Crippen LogP contribution >= 0.6 is 0 Å². The Bertz CT molecular complexity index is 635. The van der Waals surface area contributed by atoms with Gasteiger partial charge in [0.2, 0.25) is 0 Å². The van der Waals surface area contributed by atoms with Crippen molar-refractivity contribution in [2.45, 2.75) is 58.3 Å². The minimum absolute atomic E-state index is 0.561. The first-order valence-corrected chi connectivity index (χ1v) is 9.24. The van der Waals surface area contributed by atoms with E-state index in [9.17, 15) is 4.79 Å². The standard InChI is InChI=1S/C21H28O2/c1-13-4-7-19-17-6-5-14-10-15(12-22)20(23-3)11-18(14)16(17)8-9-21(13,19)2/h10-13,16-17,19H,4-9H2,1-3H3/t13?,16?,17?,19?,21-/m1/s1. The number of fused-ring (bicyclic) bond motifs is 5. The number of aldehydes is 1. The van der Waals surface area contributed by atoms with Crippen LogP contribution in [0.3, 0.4) is 0 Å². The summed E-state index contributed by atoms with van der Waals surface area (Å²) in [5.74, 6) is 4.03. The fourth-order valence-electron chi connectivity index (χ4n) is 6.15. The van der Waals surface area contributed by atoms with Crippen LogP contribution in [0.15, 0.2) is 12.1 Å². The quantitative estimate of drug-likeness (QED) is 0.718. The first-order chi connectivity index (χ1) is 11.1. The Morgan fingerprint density at radius 1 is 1.22 bits per heavy atom. The predicted molar refractivity (Wildman–Crippen MR) is 92.2 cm³/mol. The first kappa shape index (κ1) is 15.2. The fraction of sp³-hybridized carbons (Fsp3) is 0.667. The van der Waals surface area contributed by atoms with E-state index in [1.54, 1.807) is 7.11 Å². The molecule has 5 atom stereocenters. The molecule has 0 heterocycles. The molecule has 1 aromatic carbocycles. The molecule has 23 heavy (non-hydrogen) atoms. The number of rotatable bonds is 2. The summed E-state index contributed by atoms with van der Waals surface area (Å²) in [6.07, 6.45) is 8.84. The van der Waals surface area contributed by atoms with Crippen molar-refractivity contribution in [1.29, 1.82) is 0 Å². The number of carbonyl (C=O) groups excluding carboxylic acids is 1. The highest BCUT2D eigenvalue weighted by Crippen LogP contribution is 2.62. The maximum Gasteiger partial charge on any atom is 0.153 e. The molecule has 1 aromatic rings. The topological polar surface area (TPSA) is 26.3 Å². The number of ether oxygens (including phenoxy) is 1. The fourth-order valence-corrected chi connectivity index (χ4v) is 6.15. The molecule has 2 saturated carbocycles. The van der Waals surface area contributed by atoms with Crippen LogP contribution in [-0.4, -0.2) is 13.4 Å². The lowest BCUT2D eigenvalue weighted by Gasteiger charge is -2.50. The van der Waals surface area contributed by atoms with Crippen LogP contribution in [-0.2, 0) is 6.42 Å². The van der Waals surface area contributed by atoms with Gasteiger partial charge in [-0.2, -0.15) is 0 Å². The maximum atomic E-state index is 11.3. The molecule has 0 spiro atoms. The lowest BCUT2D eigenvalue weighted by Crippen LogP contribution is -2.41. The van der Waals surface area contributed by atoms with E-state index in [0.29, 0.717) is 16.9 Å². The number of hydrogen-bond acceptors (Lipinski definition) is 2. The number of benzene rings is 1. The second-order valence-electron chi connectivity index (χ2n) is 8.35. The van der Waals surface area contributed by atoms with Crippen molar-refractivity contribution >= 4 is 6.29 Å². The maximum absolute atomic E-state index is 11.3. The van der Waals surface area contributed by atoms with E-state index in [1.807, 2.05) is 0 Å².